The molecule has 0 fully saturated rings. The number of amides is 1. The maximum Gasteiger partial charge on any atom is 0.350 e. The number of benzene rings is 1. The monoisotopic (exact) mass is 399 g/mol. The van der Waals surface area contributed by atoms with Crippen LogP contribution in [0.1, 0.15) is 32.1 Å². The molecule has 2 aromatic heterocycles. The third-order valence-electron chi connectivity index (χ3n) is 4.46. The zero-order valence-corrected chi connectivity index (χ0v) is 17.2. The average Bonchev–Trinajstić information content (AvgIpc) is 2.97. The van der Waals surface area contributed by atoms with Crippen LogP contribution in [0.4, 0.5) is 5.13 Å². The molecule has 3 aromatic rings. The normalized spacial score (nSPS) is 10.9. The number of hydrogen-bond acceptors (Lipinski definition) is 6. The summed E-state index contributed by atoms with van der Waals surface area (Å²) in [6.07, 6.45) is 0. The van der Waals surface area contributed by atoms with Crippen molar-refractivity contribution in [1.82, 2.24) is 9.55 Å². The molecule has 0 spiro atoms. The van der Waals surface area contributed by atoms with Crippen LogP contribution in [0.3, 0.4) is 0 Å². The Bertz CT molecular complexity index is 1160. The third kappa shape index (κ3) is 3.68. The number of nitrogens with one attached hydrogen (secondary N) is 1. The van der Waals surface area contributed by atoms with Gasteiger partial charge in [0.15, 0.2) is 5.13 Å². The van der Waals surface area contributed by atoms with Crippen LogP contribution in [0.2, 0.25) is 0 Å². The van der Waals surface area contributed by atoms with Crippen LogP contribution in [-0.2, 0) is 16.1 Å². The summed E-state index contributed by atoms with van der Waals surface area (Å²) >= 11 is 1.04. The highest BCUT2D eigenvalue weighted by molar-refractivity contribution is 7.17. The van der Waals surface area contributed by atoms with Gasteiger partial charge in [-0.1, -0.05) is 23.0 Å². The number of hydrogen-bond donors (Lipinski definition) is 1. The molecule has 0 aliphatic heterocycles. The molecule has 146 valence electrons. The zero-order chi connectivity index (χ0) is 20.6. The Balaban J connectivity index is 1.94. The molecule has 1 amide bonds. The second-order valence-electron chi connectivity index (χ2n) is 6.70. The van der Waals surface area contributed by atoms with E-state index in [9.17, 15) is 14.4 Å². The van der Waals surface area contributed by atoms with E-state index in [1.807, 2.05) is 32.9 Å². The van der Waals surface area contributed by atoms with Crippen molar-refractivity contribution in [1.29, 1.82) is 0 Å². The van der Waals surface area contributed by atoms with Crippen LogP contribution in [0.25, 0.3) is 10.9 Å². The maximum atomic E-state index is 12.6. The second-order valence-corrected chi connectivity index (χ2v) is 7.70. The van der Waals surface area contributed by atoms with Gasteiger partial charge in [0.2, 0.25) is 5.91 Å². The number of fused-ring (bicyclic) bond motifs is 1. The minimum absolute atomic E-state index is 0.147. The lowest BCUT2D eigenvalue weighted by molar-refractivity contribution is -0.116. The fourth-order valence-corrected chi connectivity index (χ4v) is 4.16. The van der Waals surface area contributed by atoms with Crippen molar-refractivity contribution < 1.29 is 14.3 Å². The number of anilines is 1. The van der Waals surface area contributed by atoms with E-state index in [-0.39, 0.29) is 12.1 Å². The Morgan fingerprint density at radius 2 is 1.86 bits per heavy atom. The summed E-state index contributed by atoms with van der Waals surface area (Å²) in [5.74, 6) is -0.889. The molecule has 2 heterocycles. The Hall–Kier alpha value is -3.00. The molecule has 0 atom stereocenters. The van der Waals surface area contributed by atoms with Crippen molar-refractivity contribution in [3.8, 4) is 0 Å². The first-order valence-electron chi connectivity index (χ1n) is 8.68. The molecule has 0 saturated carbocycles. The van der Waals surface area contributed by atoms with Crippen molar-refractivity contribution >= 4 is 39.2 Å². The number of nitrogens with zero attached hydrogens (tertiary/aromatic N) is 2. The summed E-state index contributed by atoms with van der Waals surface area (Å²) in [5, 5.41) is 3.91. The molecule has 0 aliphatic rings. The van der Waals surface area contributed by atoms with Gasteiger partial charge in [-0.05, 0) is 44.9 Å². The highest BCUT2D eigenvalue weighted by atomic mass is 32.1. The summed E-state index contributed by atoms with van der Waals surface area (Å²) in [4.78, 5) is 41.4. The van der Waals surface area contributed by atoms with Gasteiger partial charge in [-0.15, -0.1) is 0 Å². The molecule has 3 rings (SSSR count). The van der Waals surface area contributed by atoms with Gasteiger partial charge in [-0.25, -0.2) is 9.78 Å². The highest BCUT2D eigenvalue weighted by Crippen LogP contribution is 2.24. The Morgan fingerprint density at radius 1 is 1.14 bits per heavy atom. The molecule has 1 N–H and O–H groups in total. The van der Waals surface area contributed by atoms with Gasteiger partial charge >= 0.3 is 5.97 Å². The smallest absolute Gasteiger partial charge is 0.350 e. The van der Waals surface area contributed by atoms with E-state index in [0.717, 1.165) is 38.9 Å². The molecule has 28 heavy (non-hydrogen) atoms. The molecular weight excluding hydrogens is 378 g/mol. The lowest BCUT2D eigenvalue weighted by atomic mass is 10.0. The first kappa shape index (κ1) is 19.8. The molecule has 0 saturated heterocycles. The molecule has 0 unspecified atom stereocenters. The maximum absolute atomic E-state index is 12.6. The number of aryl methyl sites for hydroxylation is 4. The number of pyridine rings is 1. The highest BCUT2D eigenvalue weighted by Gasteiger charge is 2.18. The van der Waals surface area contributed by atoms with Gasteiger partial charge in [0.05, 0.1) is 18.3 Å². The first-order chi connectivity index (χ1) is 13.2. The second kappa shape index (κ2) is 7.55. The van der Waals surface area contributed by atoms with Crippen molar-refractivity contribution in [2.45, 2.75) is 34.2 Å². The van der Waals surface area contributed by atoms with Gasteiger partial charge in [-0.3, -0.25) is 14.2 Å². The lowest BCUT2D eigenvalue weighted by Crippen LogP contribution is -2.28. The summed E-state index contributed by atoms with van der Waals surface area (Å²) in [7, 11) is 1.29. The van der Waals surface area contributed by atoms with E-state index in [1.165, 1.54) is 17.7 Å². The number of carbonyl (C=O) groups excluding carboxylic acids is 2. The molecule has 8 heteroatoms. The van der Waals surface area contributed by atoms with Crippen molar-refractivity contribution in [3.63, 3.8) is 0 Å². The molecule has 1 aromatic carbocycles. The predicted octanol–water partition coefficient (Wildman–Crippen LogP) is 3.12. The Labute approximate surface area is 166 Å². The number of thiazole rings is 1. The third-order valence-corrected chi connectivity index (χ3v) is 5.51. The van der Waals surface area contributed by atoms with Gasteiger partial charge < -0.3 is 10.1 Å². The summed E-state index contributed by atoms with van der Waals surface area (Å²) in [5.41, 5.74) is 3.89. The molecule has 0 radical (unpaired) electrons. The zero-order valence-electron chi connectivity index (χ0n) is 16.4. The number of aromatic nitrogens is 2. The van der Waals surface area contributed by atoms with E-state index in [2.05, 4.69) is 10.3 Å². The van der Waals surface area contributed by atoms with Crippen LogP contribution in [0, 0.1) is 27.7 Å². The van der Waals surface area contributed by atoms with Crippen LogP contribution in [0.5, 0.6) is 0 Å². The van der Waals surface area contributed by atoms with Crippen molar-refractivity contribution in [2.24, 2.45) is 0 Å². The summed E-state index contributed by atoms with van der Waals surface area (Å²) in [6, 6.07) is 5.54. The van der Waals surface area contributed by atoms with Crippen LogP contribution in [0.15, 0.2) is 23.0 Å². The van der Waals surface area contributed by atoms with E-state index in [0.29, 0.717) is 15.7 Å². The number of ether oxygens (including phenoxy) is 1. The molecule has 7 nitrogen and oxygen atoms in total. The molecule has 0 aliphatic carbocycles. The number of rotatable bonds is 4. The predicted molar refractivity (Wildman–Crippen MR) is 109 cm³/mol. The largest absolute Gasteiger partial charge is 0.465 e. The summed E-state index contributed by atoms with van der Waals surface area (Å²) < 4.78 is 6.17. The van der Waals surface area contributed by atoms with Gasteiger partial charge in [0.1, 0.15) is 11.4 Å². The topological polar surface area (TPSA) is 90.3 Å². The van der Waals surface area contributed by atoms with E-state index >= 15 is 0 Å². The molecule has 0 bridgehead atoms. The minimum atomic E-state index is -0.498. The lowest BCUT2D eigenvalue weighted by Gasteiger charge is -2.14. The van der Waals surface area contributed by atoms with E-state index < -0.39 is 11.9 Å². The summed E-state index contributed by atoms with van der Waals surface area (Å²) in [6.45, 7) is 7.33. The van der Waals surface area contributed by atoms with E-state index in [4.69, 9.17) is 4.74 Å². The minimum Gasteiger partial charge on any atom is -0.465 e. The SMILES string of the molecule is COC(=O)c1sc(NC(=O)Cn2c(=O)cc(C)c3cc(C)cc(C)c32)nc1C. The quantitative estimate of drug-likeness (QED) is 0.681. The van der Waals surface area contributed by atoms with Crippen LogP contribution in [-0.4, -0.2) is 28.5 Å². The van der Waals surface area contributed by atoms with Crippen molar-refractivity contribution in [2.75, 3.05) is 12.4 Å². The van der Waals surface area contributed by atoms with Gasteiger partial charge in [0, 0.05) is 11.5 Å². The Kier molecular flexibility index (Phi) is 5.33. The Morgan fingerprint density at radius 3 is 2.54 bits per heavy atom. The number of esters is 1. The number of methoxy groups -OCH3 is 1. The average molecular weight is 399 g/mol. The molecular formula is C20H21N3O4S. The van der Waals surface area contributed by atoms with Crippen molar-refractivity contribution in [3.05, 3.63) is 55.8 Å². The van der Waals surface area contributed by atoms with Gasteiger partial charge in [-0.2, -0.15) is 0 Å². The first-order valence-corrected chi connectivity index (χ1v) is 9.50. The van der Waals surface area contributed by atoms with E-state index in [1.54, 1.807) is 6.92 Å². The fraction of sp³-hybridized carbons (Fsp3) is 0.300. The van der Waals surface area contributed by atoms with Crippen LogP contribution >= 0.6 is 11.3 Å². The standard InChI is InChI=1S/C20H21N3O4S/c1-10-6-12(3)17-14(7-10)11(2)8-16(25)23(17)9-15(24)22-20-21-13(4)18(28-20)19(26)27-5/h6-8H,9H2,1-5H3,(H,21,22,24). The van der Waals surface area contributed by atoms with Gasteiger partial charge in [0.25, 0.3) is 5.56 Å². The fourth-order valence-electron chi connectivity index (χ4n) is 3.26. The van der Waals surface area contributed by atoms with Crippen LogP contribution < -0.4 is 10.9 Å². The number of carbonyl (C=O) groups is 2.